The summed E-state index contributed by atoms with van der Waals surface area (Å²) in [6.45, 7) is 0. The van der Waals surface area contributed by atoms with Crippen molar-refractivity contribution in [1.29, 1.82) is 0 Å². The number of hydrogen-bond donors (Lipinski definition) is 1. The van der Waals surface area contributed by atoms with Crippen molar-refractivity contribution in [3.63, 3.8) is 0 Å². The number of halogens is 2. The van der Waals surface area contributed by atoms with Gasteiger partial charge in [0.05, 0.1) is 0 Å². The van der Waals surface area contributed by atoms with Crippen molar-refractivity contribution in [2.75, 3.05) is 7.05 Å². The van der Waals surface area contributed by atoms with Crippen molar-refractivity contribution >= 4 is 12.4 Å². The summed E-state index contributed by atoms with van der Waals surface area (Å²) < 4.78 is 13.8. The SMILES string of the molecule is CN[C@H]1C[C@]1(F)c1ccccc1.Cl. The zero-order chi connectivity index (χ0) is 8.60. The van der Waals surface area contributed by atoms with Gasteiger partial charge in [-0.25, -0.2) is 4.39 Å². The Balaban J connectivity index is 0.000000845. The van der Waals surface area contributed by atoms with Gasteiger partial charge < -0.3 is 5.32 Å². The van der Waals surface area contributed by atoms with Crippen LogP contribution in [0.5, 0.6) is 0 Å². The van der Waals surface area contributed by atoms with Crippen LogP contribution in [-0.4, -0.2) is 13.1 Å². The maximum Gasteiger partial charge on any atom is 0.152 e. The lowest BCUT2D eigenvalue weighted by atomic mass is 10.1. The van der Waals surface area contributed by atoms with Crippen molar-refractivity contribution < 1.29 is 4.39 Å². The molecule has 0 heterocycles. The van der Waals surface area contributed by atoms with Crippen molar-refractivity contribution in [1.82, 2.24) is 5.32 Å². The summed E-state index contributed by atoms with van der Waals surface area (Å²) in [6, 6.07) is 9.36. The van der Waals surface area contributed by atoms with Crippen LogP contribution < -0.4 is 5.32 Å². The molecule has 3 heteroatoms. The Bertz CT molecular complexity index is 278. The first kappa shape index (κ1) is 10.5. The van der Waals surface area contributed by atoms with Gasteiger partial charge in [0.15, 0.2) is 5.67 Å². The Hall–Kier alpha value is -0.600. The molecule has 0 aliphatic heterocycles. The smallest absolute Gasteiger partial charge is 0.152 e. The normalized spacial score (nSPS) is 30.8. The molecule has 1 aromatic rings. The Morgan fingerprint density at radius 3 is 2.46 bits per heavy atom. The molecule has 2 rings (SSSR count). The Morgan fingerprint density at radius 2 is 2.00 bits per heavy atom. The summed E-state index contributed by atoms with van der Waals surface area (Å²) in [5.41, 5.74) is -0.305. The first-order valence-electron chi connectivity index (χ1n) is 4.19. The van der Waals surface area contributed by atoms with Crippen LogP contribution in [0.15, 0.2) is 30.3 Å². The molecule has 0 unspecified atom stereocenters. The minimum absolute atomic E-state index is 0. The second-order valence-corrected chi connectivity index (χ2v) is 3.27. The van der Waals surface area contributed by atoms with Crippen LogP contribution in [0, 0.1) is 0 Å². The minimum atomic E-state index is -1.10. The molecule has 0 spiro atoms. The van der Waals surface area contributed by atoms with Crippen LogP contribution in [0.1, 0.15) is 12.0 Å². The third-order valence-corrected chi connectivity index (χ3v) is 2.50. The largest absolute Gasteiger partial charge is 0.314 e. The maximum absolute atomic E-state index is 13.8. The first-order valence-corrected chi connectivity index (χ1v) is 4.19. The number of benzene rings is 1. The fourth-order valence-corrected chi connectivity index (χ4v) is 1.60. The van der Waals surface area contributed by atoms with E-state index < -0.39 is 5.67 Å². The van der Waals surface area contributed by atoms with Gasteiger partial charge in [-0.05, 0) is 12.6 Å². The van der Waals surface area contributed by atoms with Gasteiger partial charge >= 0.3 is 0 Å². The second-order valence-electron chi connectivity index (χ2n) is 3.27. The van der Waals surface area contributed by atoms with Crippen LogP contribution in [0.25, 0.3) is 0 Å². The molecule has 1 aromatic carbocycles. The van der Waals surface area contributed by atoms with Crippen molar-refractivity contribution in [2.24, 2.45) is 0 Å². The molecule has 1 nitrogen and oxygen atoms in total. The molecule has 72 valence electrons. The van der Waals surface area contributed by atoms with Crippen LogP contribution in [0.4, 0.5) is 4.39 Å². The summed E-state index contributed by atoms with van der Waals surface area (Å²) in [5, 5.41) is 2.95. The third kappa shape index (κ3) is 1.69. The van der Waals surface area contributed by atoms with Gasteiger partial charge in [0.25, 0.3) is 0 Å². The van der Waals surface area contributed by atoms with Gasteiger partial charge in [-0.3, -0.25) is 0 Å². The van der Waals surface area contributed by atoms with Crippen LogP contribution in [0.3, 0.4) is 0 Å². The second kappa shape index (κ2) is 3.64. The van der Waals surface area contributed by atoms with Crippen molar-refractivity contribution in [3.8, 4) is 0 Å². The molecule has 0 radical (unpaired) electrons. The average Bonchev–Trinajstić information content (AvgIpc) is 2.81. The number of nitrogens with one attached hydrogen (secondary N) is 1. The monoisotopic (exact) mass is 201 g/mol. The van der Waals surface area contributed by atoms with Gasteiger partial charge in [0, 0.05) is 12.5 Å². The fourth-order valence-electron chi connectivity index (χ4n) is 1.60. The highest BCUT2D eigenvalue weighted by Crippen LogP contribution is 2.49. The molecule has 2 atom stereocenters. The molecular weight excluding hydrogens is 189 g/mol. The number of alkyl halides is 1. The summed E-state index contributed by atoms with van der Waals surface area (Å²) in [4.78, 5) is 0. The summed E-state index contributed by atoms with van der Waals surface area (Å²) >= 11 is 0. The minimum Gasteiger partial charge on any atom is -0.314 e. The van der Waals surface area contributed by atoms with E-state index in [2.05, 4.69) is 5.32 Å². The third-order valence-electron chi connectivity index (χ3n) is 2.50. The molecule has 0 aromatic heterocycles. The molecule has 13 heavy (non-hydrogen) atoms. The van der Waals surface area contributed by atoms with Gasteiger partial charge in [-0.1, -0.05) is 30.3 Å². The van der Waals surface area contributed by atoms with Gasteiger partial charge in [-0.2, -0.15) is 0 Å². The summed E-state index contributed by atoms with van der Waals surface area (Å²) in [5.74, 6) is 0. The standard InChI is InChI=1S/C10H12FN.ClH/c1-12-9-7-10(9,11)8-5-3-2-4-6-8;/h2-6,9,12H,7H2,1H3;1H/t9-,10-;/m0./s1. The topological polar surface area (TPSA) is 12.0 Å². The molecule has 1 fully saturated rings. The maximum atomic E-state index is 13.8. The van der Waals surface area contributed by atoms with Crippen LogP contribution in [0.2, 0.25) is 0 Å². The molecule has 1 aliphatic rings. The van der Waals surface area contributed by atoms with Crippen LogP contribution in [-0.2, 0) is 5.67 Å². The summed E-state index contributed by atoms with van der Waals surface area (Å²) in [7, 11) is 1.80. The Morgan fingerprint density at radius 1 is 1.38 bits per heavy atom. The fraction of sp³-hybridized carbons (Fsp3) is 0.400. The predicted molar refractivity (Wildman–Crippen MR) is 53.9 cm³/mol. The number of likely N-dealkylation sites (N-methyl/N-ethyl adjacent to an activating group) is 1. The van der Waals surface area contributed by atoms with E-state index >= 15 is 0 Å². The molecule has 0 bridgehead atoms. The van der Waals surface area contributed by atoms with Gasteiger partial charge in [-0.15, -0.1) is 12.4 Å². The first-order chi connectivity index (χ1) is 5.77. The average molecular weight is 202 g/mol. The van der Waals surface area contributed by atoms with E-state index in [1.807, 2.05) is 30.3 Å². The lowest BCUT2D eigenvalue weighted by molar-refractivity contribution is 0.297. The van der Waals surface area contributed by atoms with E-state index in [-0.39, 0.29) is 18.4 Å². The molecular formula is C10H13ClFN. The Kier molecular flexibility index (Phi) is 2.94. The Labute approximate surface area is 83.8 Å². The molecule has 0 saturated heterocycles. The van der Waals surface area contributed by atoms with E-state index in [1.165, 1.54) is 0 Å². The van der Waals surface area contributed by atoms with Crippen LogP contribution >= 0.6 is 12.4 Å². The van der Waals surface area contributed by atoms with E-state index in [0.29, 0.717) is 6.42 Å². The zero-order valence-electron chi connectivity index (χ0n) is 7.46. The highest BCUT2D eigenvalue weighted by molar-refractivity contribution is 5.85. The lowest BCUT2D eigenvalue weighted by Crippen LogP contribution is -2.18. The lowest BCUT2D eigenvalue weighted by Gasteiger charge is -2.06. The highest BCUT2D eigenvalue weighted by atomic mass is 35.5. The summed E-state index contributed by atoms with van der Waals surface area (Å²) in [6.07, 6.45) is 0.605. The van der Waals surface area contributed by atoms with E-state index in [0.717, 1.165) is 5.56 Å². The van der Waals surface area contributed by atoms with E-state index in [9.17, 15) is 4.39 Å². The quantitative estimate of drug-likeness (QED) is 0.774. The van der Waals surface area contributed by atoms with E-state index in [1.54, 1.807) is 7.05 Å². The number of hydrogen-bond acceptors (Lipinski definition) is 1. The zero-order valence-corrected chi connectivity index (χ0v) is 8.27. The van der Waals surface area contributed by atoms with E-state index in [4.69, 9.17) is 0 Å². The van der Waals surface area contributed by atoms with Crippen molar-refractivity contribution in [3.05, 3.63) is 35.9 Å². The molecule has 1 aliphatic carbocycles. The number of rotatable bonds is 2. The molecule has 0 amide bonds. The van der Waals surface area contributed by atoms with Crippen molar-refractivity contribution in [2.45, 2.75) is 18.1 Å². The predicted octanol–water partition coefficient (Wildman–Crippen LogP) is 2.26. The highest BCUT2D eigenvalue weighted by Gasteiger charge is 2.55. The molecule has 1 N–H and O–H groups in total. The van der Waals surface area contributed by atoms with Gasteiger partial charge in [0.1, 0.15) is 0 Å². The van der Waals surface area contributed by atoms with Gasteiger partial charge in [0.2, 0.25) is 0 Å². The molecule has 1 saturated carbocycles.